The number of pyridine rings is 1. The minimum absolute atomic E-state index is 0.0357. The lowest BCUT2D eigenvalue weighted by molar-refractivity contribution is 0.0771. The first-order valence-corrected chi connectivity index (χ1v) is 7.48. The summed E-state index contributed by atoms with van der Waals surface area (Å²) < 4.78 is 6.05. The van der Waals surface area contributed by atoms with Gasteiger partial charge in [0.1, 0.15) is 12.4 Å². The lowest BCUT2D eigenvalue weighted by Gasteiger charge is -2.20. The van der Waals surface area contributed by atoms with Crippen molar-refractivity contribution in [1.82, 2.24) is 19.9 Å². The Kier molecular flexibility index (Phi) is 4.36. The van der Waals surface area contributed by atoms with Crippen LogP contribution in [0.1, 0.15) is 16.8 Å². The number of anilines is 1. The molecular formula is C16H19N5O2. The molecule has 0 radical (unpaired) electrons. The monoisotopic (exact) mass is 313 g/mol. The number of carbonyl (C=O) groups is 1. The molecule has 1 amide bonds. The highest BCUT2D eigenvalue weighted by Crippen LogP contribution is 2.27. The lowest BCUT2D eigenvalue weighted by atomic mass is 10.3. The van der Waals surface area contributed by atoms with Gasteiger partial charge in [-0.2, -0.15) is 0 Å². The number of hydrogen-bond donors (Lipinski definition) is 0. The smallest absolute Gasteiger partial charge is 0.257 e. The molecule has 0 aromatic carbocycles. The maximum absolute atomic E-state index is 12.4. The number of ether oxygens (including phenoxy) is 1. The maximum atomic E-state index is 12.4. The highest BCUT2D eigenvalue weighted by molar-refractivity contribution is 5.93. The highest BCUT2D eigenvalue weighted by atomic mass is 16.5. The first-order chi connectivity index (χ1) is 11.1. The van der Waals surface area contributed by atoms with Gasteiger partial charge in [0.15, 0.2) is 11.6 Å². The predicted octanol–water partition coefficient (Wildman–Crippen LogP) is 1.23. The third-order valence-electron chi connectivity index (χ3n) is 3.71. The standard InChI is InChI=1S/C16H19N5O2/c1-20(2)15-14(4-3-6-19-15)23-13-5-7-21(10-13)16(22)12-8-17-11-18-9-12/h3-4,6,8-9,11,13H,5,7,10H2,1-2H3/t13-/m0/s1. The summed E-state index contributed by atoms with van der Waals surface area (Å²) in [6.45, 7) is 1.21. The van der Waals surface area contributed by atoms with E-state index in [1.54, 1.807) is 11.1 Å². The van der Waals surface area contributed by atoms with Crippen LogP contribution in [0.15, 0.2) is 37.1 Å². The number of likely N-dealkylation sites (tertiary alicyclic amines) is 1. The molecule has 1 atom stereocenters. The van der Waals surface area contributed by atoms with Crippen LogP contribution >= 0.6 is 0 Å². The summed E-state index contributed by atoms with van der Waals surface area (Å²) in [7, 11) is 3.85. The first kappa shape index (κ1) is 15.2. The molecule has 3 rings (SSSR count). The van der Waals surface area contributed by atoms with E-state index in [4.69, 9.17) is 4.74 Å². The topological polar surface area (TPSA) is 71.5 Å². The van der Waals surface area contributed by atoms with Crippen molar-refractivity contribution in [3.05, 3.63) is 42.6 Å². The Morgan fingerprint density at radius 3 is 2.87 bits per heavy atom. The summed E-state index contributed by atoms with van der Waals surface area (Å²) in [5, 5.41) is 0. The van der Waals surface area contributed by atoms with E-state index in [9.17, 15) is 4.79 Å². The number of nitrogens with zero attached hydrogens (tertiary/aromatic N) is 5. The molecule has 2 aromatic heterocycles. The fourth-order valence-corrected chi connectivity index (χ4v) is 2.59. The fourth-order valence-electron chi connectivity index (χ4n) is 2.59. The molecule has 3 heterocycles. The molecule has 0 N–H and O–H groups in total. The van der Waals surface area contributed by atoms with Crippen molar-refractivity contribution in [3.8, 4) is 5.75 Å². The van der Waals surface area contributed by atoms with Crippen molar-refractivity contribution >= 4 is 11.7 Å². The third kappa shape index (κ3) is 3.39. The molecule has 0 spiro atoms. The van der Waals surface area contributed by atoms with Crippen molar-refractivity contribution < 1.29 is 9.53 Å². The molecular weight excluding hydrogens is 294 g/mol. The van der Waals surface area contributed by atoms with Crippen LogP contribution in [0.4, 0.5) is 5.82 Å². The van der Waals surface area contributed by atoms with Gasteiger partial charge >= 0.3 is 0 Å². The molecule has 7 heteroatoms. The van der Waals surface area contributed by atoms with Gasteiger partial charge in [0.05, 0.1) is 12.1 Å². The molecule has 2 aromatic rings. The Hall–Kier alpha value is -2.70. The molecule has 1 aliphatic rings. The third-order valence-corrected chi connectivity index (χ3v) is 3.71. The largest absolute Gasteiger partial charge is 0.485 e. The van der Waals surface area contributed by atoms with Crippen LogP contribution in [0.3, 0.4) is 0 Å². The van der Waals surface area contributed by atoms with E-state index in [-0.39, 0.29) is 12.0 Å². The maximum Gasteiger partial charge on any atom is 0.257 e. The number of carbonyl (C=O) groups excluding carboxylic acids is 1. The van der Waals surface area contributed by atoms with Crippen LogP contribution in [0, 0.1) is 0 Å². The Morgan fingerprint density at radius 1 is 1.35 bits per heavy atom. The molecule has 0 bridgehead atoms. The Bertz CT molecular complexity index is 677. The quantitative estimate of drug-likeness (QED) is 0.845. The summed E-state index contributed by atoms with van der Waals surface area (Å²) in [6.07, 6.45) is 6.98. The number of rotatable bonds is 4. The zero-order valence-corrected chi connectivity index (χ0v) is 13.2. The first-order valence-electron chi connectivity index (χ1n) is 7.48. The zero-order valence-electron chi connectivity index (χ0n) is 13.2. The summed E-state index contributed by atoms with van der Waals surface area (Å²) in [4.78, 5) is 28.2. The van der Waals surface area contributed by atoms with Gasteiger partial charge in [-0.1, -0.05) is 0 Å². The minimum Gasteiger partial charge on any atom is -0.485 e. The summed E-state index contributed by atoms with van der Waals surface area (Å²) >= 11 is 0. The molecule has 0 aliphatic carbocycles. The summed E-state index contributed by atoms with van der Waals surface area (Å²) in [5.41, 5.74) is 0.503. The van der Waals surface area contributed by atoms with Crippen molar-refractivity contribution in [2.75, 3.05) is 32.1 Å². The molecule has 120 valence electrons. The van der Waals surface area contributed by atoms with Gasteiger partial charge in [-0.3, -0.25) is 4.79 Å². The van der Waals surface area contributed by atoms with E-state index in [1.807, 2.05) is 31.1 Å². The van der Waals surface area contributed by atoms with Crippen molar-refractivity contribution in [1.29, 1.82) is 0 Å². The van der Waals surface area contributed by atoms with E-state index in [0.717, 1.165) is 18.0 Å². The van der Waals surface area contributed by atoms with Crippen LogP contribution in [0.25, 0.3) is 0 Å². The number of aromatic nitrogens is 3. The second-order valence-electron chi connectivity index (χ2n) is 5.63. The average molecular weight is 313 g/mol. The molecule has 1 saturated heterocycles. The van der Waals surface area contributed by atoms with E-state index in [0.29, 0.717) is 18.7 Å². The molecule has 1 aliphatic heterocycles. The van der Waals surface area contributed by atoms with Crippen LogP contribution in [0.5, 0.6) is 5.75 Å². The van der Waals surface area contributed by atoms with Gasteiger partial charge in [-0.25, -0.2) is 15.0 Å². The van der Waals surface area contributed by atoms with Crippen LogP contribution in [-0.4, -0.2) is 59.0 Å². The van der Waals surface area contributed by atoms with E-state index >= 15 is 0 Å². The van der Waals surface area contributed by atoms with Crippen LogP contribution in [0.2, 0.25) is 0 Å². The van der Waals surface area contributed by atoms with Gasteiger partial charge in [-0.05, 0) is 12.1 Å². The van der Waals surface area contributed by atoms with Crippen LogP contribution < -0.4 is 9.64 Å². The highest BCUT2D eigenvalue weighted by Gasteiger charge is 2.29. The van der Waals surface area contributed by atoms with Gasteiger partial charge < -0.3 is 14.5 Å². The Labute approximate surface area is 134 Å². The van der Waals surface area contributed by atoms with Gasteiger partial charge in [0, 0.05) is 45.7 Å². The zero-order chi connectivity index (χ0) is 16.2. The van der Waals surface area contributed by atoms with Crippen molar-refractivity contribution in [2.45, 2.75) is 12.5 Å². The molecule has 1 fully saturated rings. The fraction of sp³-hybridized carbons (Fsp3) is 0.375. The van der Waals surface area contributed by atoms with Gasteiger partial charge in [0.2, 0.25) is 0 Å². The molecule has 0 saturated carbocycles. The molecule has 0 unspecified atom stereocenters. The molecule has 7 nitrogen and oxygen atoms in total. The predicted molar refractivity (Wildman–Crippen MR) is 85.5 cm³/mol. The Balaban J connectivity index is 1.66. The lowest BCUT2D eigenvalue weighted by Crippen LogP contribution is -2.31. The van der Waals surface area contributed by atoms with Gasteiger partial charge in [-0.15, -0.1) is 0 Å². The van der Waals surface area contributed by atoms with E-state index in [2.05, 4.69) is 15.0 Å². The number of amides is 1. The van der Waals surface area contributed by atoms with Crippen molar-refractivity contribution in [2.24, 2.45) is 0 Å². The summed E-state index contributed by atoms with van der Waals surface area (Å²) in [5.74, 6) is 1.46. The average Bonchev–Trinajstić information content (AvgIpc) is 3.04. The molecule has 23 heavy (non-hydrogen) atoms. The normalized spacial score (nSPS) is 17.1. The van der Waals surface area contributed by atoms with E-state index in [1.165, 1.54) is 18.7 Å². The van der Waals surface area contributed by atoms with Crippen molar-refractivity contribution in [3.63, 3.8) is 0 Å². The second kappa shape index (κ2) is 6.60. The SMILES string of the molecule is CN(C)c1ncccc1O[C@H]1CCN(C(=O)c2cncnc2)C1. The minimum atomic E-state index is -0.0595. The van der Waals surface area contributed by atoms with Crippen LogP contribution in [-0.2, 0) is 0 Å². The Morgan fingerprint density at radius 2 is 2.13 bits per heavy atom. The van der Waals surface area contributed by atoms with E-state index < -0.39 is 0 Å². The summed E-state index contributed by atoms with van der Waals surface area (Å²) in [6, 6.07) is 3.75. The van der Waals surface area contributed by atoms with Gasteiger partial charge in [0.25, 0.3) is 5.91 Å². The number of hydrogen-bond acceptors (Lipinski definition) is 6. The second-order valence-corrected chi connectivity index (χ2v) is 5.63.